The minimum atomic E-state index is 0.192. The average molecular weight is 286 g/mol. The first-order valence-electron chi connectivity index (χ1n) is 7.47. The topological polar surface area (TPSA) is 43.2 Å². The SMILES string of the molecule is Cc1cnn(C[C@H]2CN([C@H](C)c3cccnc3)CCO2)c1. The van der Waals surface area contributed by atoms with Crippen LogP contribution in [0.4, 0.5) is 0 Å². The normalized spacial score (nSPS) is 21.3. The Morgan fingerprint density at radius 1 is 1.43 bits per heavy atom. The molecule has 2 aromatic heterocycles. The number of aromatic nitrogens is 3. The van der Waals surface area contributed by atoms with Crippen molar-refractivity contribution in [1.82, 2.24) is 19.7 Å². The number of rotatable bonds is 4. The first-order chi connectivity index (χ1) is 10.2. The van der Waals surface area contributed by atoms with Crippen molar-refractivity contribution in [3.63, 3.8) is 0 Å². The average Bonchev–Trinajstić information content (AvgIpc) is 2.93. The fourth-order valence-electron chi connectivity index (χ4n) is 2.81. The van der Waals surface area contributed by atoms with E-state index >= 15 is 0 Å². The summed E-state index contributed by atoms with van der Waals surface area (Å²) in [5, 5.41) is 4.35. The Bertz CT molecular complexity index is 569. The van der Waals surface area contributed by atoms with Crippen LogP contribution < -0.4 is 0 Å². The second kappa shape index (κ2) is 6.37. The number of nitrogens with zero attached hydrogens (tertiary/aromatic N) is 4. The van der Waals surface area contributed by atoms with E-state index in [0.717, 1.165) is 26.2 Å². The molecule has 112 valence electrons. The van der Waals surface area contributed by atoms with Gasteiger partial charge in [-0.25, -0.2) is 0 Å². The summed E-state index contributed by atoms with van der Waals surface area (Å²) in [5.74, 6) is 0. The Kier molecular flexibility index (Phi) is 4.31. The van der Waals surface area contributed by atoms with Crippen molar-refractivity contribution in [2.75, 3.05) is 19.7 Å². The van der Waals surface area contributed by atoms with Gasteiger partial charge in [0.1, 0.15) is 0 Å². The zero-order chi connectivity index (χ0) is 14.7. The highest BCUT2D eigenvalue weighted by Crippen LogP contribution is 2.22. The lowest BCUT2D eigenvalue weighted by Crippen LogP contribution is -2.45. The van der Waals surface area contributed by atoms with Gasteiger partial charge >= 0.3 is 0 Å². The van der Waals surface area contributed by atoms with Crippen molar-refractivity contribution >= 4 is 0 Å². The number of ether oxygens (including phenoxy) is 1. The van der Waals surface area contributed by atoms with Crippen molar-refractivity contribution in [3.05, 3.63) is 48.0 Å². The maximum absolute atomic E-state index is 5.89. The summed E-state index contributed by atoms with van der Waals surface area (Å²) in [7, 11) is 0. The predicted octanol–water partition coefficient (Wildman–Crippen LogP) is 2.05. The molecule has 21 heavy (non-hydrogen) atoms. The Morgan fingerprint density at radius 3 is 3.05 bits per heavy atom. The van der Waals surface area contributed by atoms with Crippen LogP contribution in [0.15, 0.2) is 36.9 Å². The first kappa shape index (κ1) is 14.2. The minimum Gasteiger partial charge on any atom is -0.374 e. The Balaban J connectivity index is 1.63. The van der Waals surface area contributed by atoms with Gasteiger partial charge in [0.2, 0.25) is 0 Å². The van der Waals surface area contributed by atoms with E-state index in [1.54, 1.807) is 0 Å². The van der Waals surface area contributed by atoms with Gasteiger partial charge in [0, 0.05) is 37.7 Å². The first-order valence-corrected chi connectivity index (χ1v) is 7.47. The Labute approximate surface area is 125 Å². The van der Waals surface area contributed by atoms with Gasteiger partial charge in [0.05, 0.1) is 25.5 Å². The summed E-state index contributed by atoms with van der Waals surface area (Å²) < 4.78 is 7.86. The van der Waals surface area contributed by atoms with Crippen LogP contribution >= 0.6 is 0 Å². The molecule has 3 heterocycles. The Morgan fingerprint density at radius 2 is 2.33 bits per heavy atom. The van der Waals surface area contributed by atoms with E-state index in [2.05, 4.69) is 41.1 Å². The molecule has 0 spiro atoms. The van der Waals surface area contributed by atoms with Crippen molar-refractivity contribution in [2.24, 2.45) is 0 Å². The second-order valence-corrected chi connectivity index (χ2v) is 5.69. The monoisotopic (exact) mass is 286 g/mol. The number of hydrogen-bond acceptors (Lipinski definition) is 4. The van der Waals surface area contributed by atoms with E-state index in [9.17, 15) is 0 Å². The predicted molar refractivity (Wildman–Crippen MR) is 80.9 cm³/mol. The van der Waals surface area contributed by atoms with E-state index in [1.807, 2.05) is 29.3 Å². The molecule has 1 aliphatic heterocycles. The molecule has 0 amide bonds. The molecule has 0 bridgehead atoms. The second-order valence-electron chi connectivity index (χ2n) is 5.69. The molecule has 2 aromatic rings. The standard InChI is InChI=1S/C16H22N4O/c1-13-8-18-20(10-13)12-16-11-19(6-7-21-16)14(2)15-4-3-5-17-9-15/h3-5,8-10,14,16H,6-7,11-12H2,1-2H3/t14-,16-/m1/s1. The molecule has 0 N–H and O–H groups in total. The summed E-state index contributed by atoms with van der Waals surface area (Å²) in [4.78, 5) is 6.68. The van der Waals surface area contributed by atoms with E-state index in [-0.39, 0.29) is 6.10 Å². The quantitative estimate of drug-likeness (QED) is 0.863. The summed E-state index contributed by atoms with van der Waals surface area (Å²) in [6, 6.07) is 4.50. The van der Waals surface area contributed by atoms with Gasteiger partial charge < -0.3 is 4.74 Å². The molecular weight excluding hydrogens is 264 g/mol. The van der Waals surface area contributed by atoms with E-state index in [4.69, 9.17) is 4.74 Å². The highest BCUT2D eigenvalue weighted by molar-refractivity contribution is 5.13. The van der Waals surface area contributed by atoms with Crippen LogP contribution in [0.1, 0.15) is 24.1 Å². The van der Waals surface area contributed by atoms with Crippen molar-refractivity contribution in [2.45, 2.75) is 32.5 Å². The molecule has 0 saturated carbocycles. The van der Waals surface area contributed by atoms with Crippen LogP contribution in [0.25, 0.3) is 0 Å². The molecule has 1 saturated heterocycles. The van der Waals surface area contributed by atoms with Crippen LogP contribution in [-0.2, 0) is 11.3 Å². The van der Waals surface area contributed by atoms with E-state index in [1.165, 1.54) is 11.1 Å². The third-order valence-electron chi connectivity index (χ3n) is 4.04. The van der Waals surface area contributed by atoms with Crippen molar-refractivity contribution in [1.29, 1.82) is 0 Å². The Hall–Kier alpha value is -1.72. The molecule has 2 atom stereocenters. The summed E-state index contributed by atoms with van der Waals surface area (Å²) in [5.41, 5.74) is 2.44. The third-order valence-corrected chi connectivity index (χ3v) is 4.04. The van der Waals surface area contributed by atoms with Crippen LogP contribution in [-0.4, -0.2) is 45.5 Å². The van der Waals surface area contributed by atoms with Gasteiger partial charge in [-0.2, -0.15) is 5.10 Å². The molecule has 1 fully saturated rings. The lowest BCUT2D eigenvalue weighted by molar-refractivity contribution is -0.0497. The van der Waals surface area contributed by atoms with Crippen LogP contribution in [0.3, 0.4) is 0 Å². The molecule has 5 heteroatoms. The molecule has 0 aromatic carbocycles. The number of aryl methyl sites for hydroxylation is 1. The fraction of sp³-hybridized carbons (Fsp3) is 0.500. The zero-order valence-electron chi connectivity index (χ0n) is 12.6. The minimum absolute atomic E-state index is 0.192. The molecule has 0 unspecified atom stereocenters. The highest BCUT2D eigenvalue weighted by atomic mass is 16.5. The lowest BCUT2D eigenvalue weighted by atomic mass is 10.1. The van der Waals surface area contributed by atoms with Crippen LogP contribution in [0, 0.1) is 6.92 Å². The number of hydrogen-bond donors (Lipinski definition) is 0. The smallest absolute Gasteiger partial charge is 0.0898 e. The summed E-state index contributed by atoms with van der Waals surface area (Å²) >= 11 is 0. The maximum atomic E-state index is 5.89. The van der Waals surface area contributed by atoms with Crippen LogP contribution in [0.5, 0.6) is 0 Å². The largest absolute Gasteiger partial charge is 0.374 e. The van der Waals surface area contributed by atoms with Crippen LogP contribution in [0.2, 0.25) is 0 Å². The number of morpholine rings is 1. The lowest BCUT2D eigenvalue weighted by Gasteiger charge is -2.36. The maximum Gasteiger partial charge on any atom is 0.0898 e. The van der Waals surface area contributed by atoms with E-state index in [0.29, 0.717) is 6.04 Å². The third kappa shape index (κ3) is 3.49. The summed E-state index contributed by atoms with van der Waals surface area (Å²) in [6.45, 7) is 7.76. The van der Waals surface area contributed by atoms with Gasteiger partial charge in [-0.3, -0.25) is 14.6 Å². The van der Waals surface area contributed by atoms with Gasteiger partial charge in [-0.1, -0.05) is 6.07 Å². The fourth-order valence-corrected chi connectivity index (χ4v) is 2.81. The van der Waals surface area contributed by atoms with Gasteiger partial charge in [0.15, 0.2) is 0 Å². The molecule has 0 radical (unpaired) electrons. The molecular formula is C16H22N4O. The zero-order valence-corrected chi connectivity index (χ0v) is 12.6. The number of pyridine rings is 1. The van der Waals surface area contributed by atoms with Gasteiger partial charge in [-0.05, 0) is 31.0 Å². The van der Waals surface area contributed by atoms with Crippen molar-refractivity contribution in [3.8, 4) is 0 Å². The molecule has 3 rings (SSSR count). The van der Waals surface area contributed by atoms with E-state index < -0.39 is 0 Å². The molecule has 0 aliphatic carbocycles. The highest BCUT2D eigenvalue weighted by Gasteiger charge is 2.25. The molecule has 5 nitrogen and oxygen atoms in total. The summed E-state index contributed by atoms with van der Waals surface area (Å²) in [6.07, 6.45) is 7.91. The van der Waals surface area contributed by atoms with Gasteiger partial charge in [-0.15, -0.1) is 0 Å². The van der Waals surface area contributed by atoms with Gasteiger partial charge in [0.25, 0.3) is 0 Å². The van der Waals surface area contributed by atoms with Crippen molar-refractivity contribution < 1.29 is 4.74 Å². The molecule has 1 aliphatic rings.